The van der Waals surface area contributed by atoms with Crippen molar-refractivity contribution >= 4 is 17.9 Å². The van der Waals surface area contributed by atoms with Crippen molar-refractivity contribution in [3.05, 3.63) is 0 Å². The molecule has 0 aliphatic rings. The Morgan fingerprint density at radius 3 is 2.14 bits per heavy atom. The number of carbonyl (C=O) groups excluding carboxylic acids is 2. The summed E-state index contributed by atoms with van der Waals surface area (Å²) in [5.74, 6) is -1.40. The van der Waals surface area contributed by atoms with E-state index in [1.807, 2.05) is 27.7 Å². The molecule has 0 saturated heterocycles. The van der Waals surface area contributed by atoms with Gasteiger partial charge < -0.3 is 21.1 Å². The zero-order chi connectivity index (χ0) is 16.6. The Bertz CT molecular complexity index is 377. The molecule has 0 radical (unpaired) electrons. The Hall–Kier alpha value is -1.79. The Kier molecular flexibility index (Phi) is 7.76. The minimum Gasteiger partial charge on any atom is -0.480 e. The first-order valence-corrected chi connectivity index (χ1v) is 7.18. The predicted octanol–water partition coefficient (Wildman–Crippen LogP) is 1.23. The molecule has 0 aromatic carbocycles. The van der Waals surface area contributed by atoms with Gasteiger partial charge in [-0.25, -0.2) is 9.59 Å². The first kappa shape index (κ1) is 19.2. The summed E-state index contributed by atoms with van der Waals surface area (Å²) in [5.41, 5.74) is -0.395. The first-order valence-electron chi connectivity index (χ1n) is 7.18. The second kappa shape index (κ2) is 8.49. The van der Waals surface area contributed by atoms with Crippen molar-refractivity contribution in [1.82, 2.24) is 16.0 Å². The van der Waals surface area contributed by atoms with Gasteiger partial charge in [-0.15, -0.1) is 0 Å². The van der Waals surface area contributed by atoms with Crippen LogP contribution in [0, 0.1) is 0 Å². The molecule has 4 N–H and O–H groups in total. The summed E-state index contributed by atoms with van der Waals surface area (Å²) in [6.07, 6.45) is 1.91. The number of carbonyl (C=O) groups is 3. The van der Waals surface area contributed by atoms with Crippen molar-refractivity contribution in [2.75, 3.05) is 0 Å². The molecule has 0 aliphatic heterocycles. The van der Waals surface area contributed by atoms with E-state index in [9.17, 15) is 14.4 Å². The van der Waals surface area contributed by atoms with E-state index in [1.165, 1.54) is 0 Å². The van der Waals surface area contributed by atoms with Crippen LogP contribution >= 0.6 is 0 Å². The molecule has 21 heavy (non-hydrogen) atoms. The van der Waals surface area contributed by atoms with Crippen LogP contribution in [0.4, 0.5) is 4.79 Å². The highest BCUT2D eigenvalue weighted by atomic mass is 16.4. The van der Waals surface area contributed by atoms with E-state index in [-0.39, 0.29) is 5.91 Å². The maximum absolute atomic E-state index is 11.8. The van der Waals surface area contributed by atoms with Crippen LogP contribution in [0.1, 0.15) is 53.9 Å². The SMILES string of the molecule is CCCCC(NC(=O)NC(C)C(=O)NC(C)(C)C)C(=O)O. The van der Waals surface area contributed by atoms with Crippen LogP contribution in [-0.2, 0) is 9.59 Å². The van der Waals surface area contributed by atoms with Gasteiger partial charge in [-0.3, -0.25) is 4.79 Å². The topological polar surface area (TPSA) is 108 Å². The fraction of sp³-hybridized carbons (Fsp3) is 0.786. The van der Waals surface area contributed by atoms with Gasteiger partial charge in [-0.2, -0.15) is 0 Å². The second-order valence-electron chi connectivity index (χ2n) is 6.11. The Morgan fingerprint density at radius 1 is 1.14 bits per heavy atom. The zero-order valence-corrected chi connectivity index (χ0v) is 13.4. The van der Waals surface area contributed by atoms with Crippen molar-refractivity contribution in [2.45, 2.75) is 71.5 Å². The van der Waals surface area contributed by atoms with Crippen LogP contribution < -0.4 is 16.0 Å². The van der Waals surface area contributed by atoms with Crippen LogP contribution in [0.25, 0.3) is 0 Å². The standard InChI is InChI=1S/C14H27N3O4/c1-6-7-8-10(12(19)20)16-13(21)15-9(2)11(18)17-14(3,4)5/h9-10H,6-8H2,1-5H3,(H,17,18)(H,19,20)(H2,15,16,21). The van der Waals surface area contributed by atoms with Crippen LogP contribution in [-0.4, -0.2) is 40.6 Å². The minimum atomic E-state index is -1.08. The van der Waals surface area contributed by atoms with Crippen LogP contribution in [0.2, 0.25) is 0 Å². The molecule has 0 fully saturated rings. The van der Waals surface area contributed by atoms with Crippen molar-refractivity contribution in [3.63, 3.8) is 0 Å². The smallest absolute Gasteiger partial charge is 0.326 e. The largest absolute Gasteiger partial charge is 0.480 e. The van der Waals surface area contributed by atoms with E-state index in [4.69, 9.17) is 5.11 Å². The highest BCUT2D eigenvalue weighted by Gasteiger charge is 2.23. The molecule has 7 heteroatoms. The number of aliphatic carboxylic acids is 1. The molecule has 0 bridgehead atoms. The lowest BCUT2D eigenvalue weighted by Gasteiger charge is -2.24. The first-order chi connectivity index (χ1) is 9.56. The maximum atomic E-state index is 11.8. The zero-order valence-electron chi connectivity index (χ0n) is 13.4. The third kappa shape index (κ3) is 8.88. The van der Waals surface area contributed by atoms with E-state index in [2.05, 4.69) is 16.0 Å². The number of amides is 3. The number of hydrogen-bond acceptors (Lipinski definition) is 3. The average Bonchev–Trinajstić information content (AvgIpc) is 2.31. The van der Waals surface area contributed by atoms with Crippen molar-refractivity contribution < 1.29 is 19.5 Å². The molecule has 2 unspecified atom stereocenters. The number of carboxylic acids is 1. The van der Waals surface area contributed by atoms with Gasteiger partial charge in [0.05, 0.1) is 0 Å². The molecule has 7 nitrogen and oxygen atoms in total. The number of urea groups is 1. The minimum absolute atomic E-state index is 0.321. The van der Waals surface area contributed by atoms with Gasteiger partial charge in [0.25, 0.3) is 0 Å². The Balaban J connectivity index is 4.39. The third-order valence-electron chi connectivity index (χ3n) is 2.69. The van der Waals surface area contributed by atoms with Crippen LogP contribution in [0.15, 0.2) is 0 Å². The summed E-state index contributed by atoms with van der Waals surface area (Å²) in [7, 11) is 0. The van der Waals surface area contributed by atoms with Crippen LogP contribution in [0.5, 0.6) is 0 Å². The van der Waals surface area contributed by atoms with E-state index < -0.39 is 29.6 Å². The summed E-state index contributed by atoms with van der Waals surface area (Å²) in [4.78, 5) is 34.6. The maximum Gasteiger partial charge on any atom is 0.326 e. The molecule has 0 saturated carbocycles. The molecule has 0 spiro atoms. The molecule has 2 atom stereocenters. The summed E-state index contributed by atoms with van der Waals surface area (Å²) >= 11 is 0. The number of unbranched alkanes of at least 4 members (excludes halogenated alkanes) is 1. The predicted molar refractivity (Wildman–Crippen MR) is 80.0 cm³/mol. The highest BCUT2D eigenvalue weighted by molar-refractivity contribution is 5.88. The molecular formula is C14H27N3O4. The van der Waals surface area contributed by atoms with E-state index in [0.717, 1.165) is 6.42 Å². The van der Waals surface area contributed by atoms with Gasteiger partial charge in [0, 0.05) is 5.54 Å². The fourth-order valence-electron chi connectivity index (χ4n) is 1.61. The lowest BCUT2D eigenvalue weighted by atomic mass is 10.1. The molecule has 0 aromatic heterocycles. The van der Waals surface area contributed by atoms with Gasteiger partial charge in [-0.1, -0.05) is 19.8 Å². The summed E-state index contributed by atoms with van der Waals surface area (Å²) < 4.78 is 0. The van der Waals surface area contributed by atoms with E-state index >= 15 is 0 Å². The molecule has 0 rings (SSSR count). The van der Waals surface area contributed by atoms with E-state index in [0.29, 0.717) is 12.8 Å². The van der Waals surface area contributed by atoms with Gasteiger partial charge in [0.2, 0.25) is 5.91 Å². The molecule has 122 valence electrons. The lowest BCUT2D eigenvalue weighted by Crippen LogP contribution is -2.54. The normalized spacial score (nSPS) is 14.0. The van der Waals surface area contributed by atoms with Crippen molar-refractivity contribution in [1.29, 1.82) is 0 Å². The van der Waals surface area contributed by atoms with Crippen molar-refractivity contribution in [2.24, 2.45) is 0 Å². The molecule has 0 heterocycles. The summed E-state index contributed by atoms with van der Waals surface area (Å²) in [6.45, 7) is 9.00. The molecule has 0 aliphatic carbocycles. The average molecular weight is 301 g/mol. The monoisotopic (exact) mass is 301 g/mol. The number of carboxylic acid groups (broad SMARTS) is 1. The van der Waals surface area contributed by atoms with E-state index in [1.54, 1.807) is 6.92 Å². The molecule has 0 aromatic rings. The Labute approximate surface area is 125 Å². The summed E-state index contributed by atoms with van der Waals surface area (Å²) in [5, 5.41) is 16.6. The molecule has 3 amide bonds. The second-order valence-corrected chi connectivity index (χ2v) is 6.11. The van der Waals surface area contributed by atoms with Crippen molar-refractivity contribution in [3.8, 4) is 0 Å². The lowest BCUT2D eigenvalue weighted by molar-refractivity contribution is -0.139. The van der Waals surface area contributed by atoms with Gasteiger partial charge in [-0.05, 0) is 34.1 Å². The van der Waals surface area contributed by atoms with Crippen LogP contribution in [0.3, 0.4) is 0 Å². The highest BCUT2D eigenvalue weighted by Crippen LogP contribution is 2.02. The van der Waals surface area contributed by atoms with Gasteiger partial charge >= 0.3 is 12.0 Å². The number of nitrogens with one attached hydrogen (secondary N) is 3. The van der Waals surface area contributed by atoms with Gasteiger partial charge in [0.15, 0.2) is 0 Å². The quantitative estimate of drug-likeness (QED) is 0.567. The molecular weight excluding hydrogens is 274 g/mol. The third-order valence-corrected chi connectivity index (χ3v) is 2.69. The number of hydrogen-bond donors (Lipinski definition) is 4. The number of rotatable bonds is 7. The van der Waals surface area contributed by atoms with Gasteiger partial charge in [0.1, 0.15) is 12.1 Å². The fourth-order valence-corrected chi connectivity index (χ4v) is 1.61. The summed E-state index contributed by atoms with van der Waals surface area (Å²) in [6, 6.07) is -2.34. The Morgan fingerprint density at radius 2 is 1.71 bits per heavy atom.